The second-order valence-corrected chi connectivity index (χ2v) is 3.41. The Labute approximate surface area is 101 Å². The molecule has 1 N–H and O–H groups in total. The summed E-state index contributed by atoms with van der Waals surface area (Å²) in [6, 6.07) is 7.07. The first kappa shape index (κ1) is 11.7. The van der Waals surface area contributed by atoms with E-state index in [1.807, 2.05) is 6.07 Å². The van der Waals surface area contributed by atoms with Gasteiger partial charge >= 0.3 is 5.97 Å². The van der Waals surface area contributed by atoms with Crippen LogP contribution in [0.15, 0.2) is 24.3 Å². The van der Waals surface area contributed by atoms with E-state index in [0.717, 1.165) is 4.68 Å². The van der Waals surface area contributed by atoms with Crippen LogP contribution in [0.4, 0.5) is 4.39 Å². The molecule has 0 unspecified atom stereocenters. The largest absolute Gasteiger partial charge is 0.476 e. The van der Waals surface area contributed by atoms with E-state index >= 15 is 0 Å². The number of hydrogen-bond acceptors (Lipinski definition) is 4. The Hall–Kier alpha value is -2.75. The number of aromatic carboxylic acids is 1. The van der Waals surface area contributed by atoms with Gasteiger partial charge in [-0.3, -0.25) is 0 Å². The van der Waals surface area contributed by atoms with Gasteiger partial charge in [-0.25, -0.2) is 13.9 Å². The van der Waals surface area contributed by atoms with E-state index in [9.17, 15) is 9.18 Å². The maximum absolute atomic E-state index is 12.8. The molecule has 18 heavy (non-hydrogen) atoms. The molecule has 2 rings (SSSR count). The molecule has 0 saturated heterocycles. The first-order chi connectivity index (χ1) is 8.63. The highest BCUT2D eigenvalue weighted by atomic mass is 19.1. The van der Waals surface area contributed by atoms with Crippen LogP contribution < -0.4 is 0 Å². The van der Waals surface area contributed by atoms with Gasteiger partial charge in [-0.1, -0.05) is 5.21 Å². The third-order valence-corrected chi connectivity index (χ3v) is 2.28. The number of aromatic nitrogens is 3. The van der Waals surface area contributed by atoms with E-state index in [4.69, 9.17) is 10.4 Å². The molecule has 1 aromatic carbocycles. The van der Waals surface area contributed by atoms with Gasteiger partial charge in [0.15, 0.2) is 5.69 Å². The summed E-state index contributed by atoms with van der Waals surface area (Å²) in [7, 11) is 0. The molecule has 0 aliphatic heterocycles. The van der Waals surface area contributed by atoms with Crippen LogP contribution in [0.2, 0.25) is 0 Å². The summed E-state index contributed by atoms with van der Waals surface area (Å²) in [6.45, 7) is -0.132. The predicted molar refractivity (Wildman–Crippen MR) is 58.0 cm³/mol. The van der Waals surface area contributed by atoms with Crippen LogP contribution in [0.1, 0.15) is 10.5 Å². The Morgan fingerprint density at radius 3 is 2.67 bits per heavy atom. The molecule has 0 bridgehead atoms. The van der Waals surface area contributed by atoms with E-state index in [1.165, 1.54) is 24.3 Å². The number of hydrogen-bond donors (Lipinski definition) is 1. The molecular formula is C11H7FN4O2. The minimum Gasteiger partial charge on any atom is -0.476 e. The van der Waals surface area contributed by atoms with Gasteiger partial charge in [0.25, 0.3) is 0 Å². The van der Waals surface area contributed by atoms with E-state index in [-0.39, 0.29) is 17.9 Å². The van der Waals surface area contributed by atoms with Gasteiger partial charge in [0, 0.05) is 5.56 Å². The van der Waals surface area contributed by atoms with Crippen molar-refractivity contribution in [1.82, 2.24) is 15.0 Å². The summed E-state index contributed by atoms with van der Waals surface area (Å²) in [5, 5.41) is 24.7. The lowest BCUT2D eigenvalue weighted by atomic mass is 10.1. The SMILES string of the molecule is N#CCn1nnc(C(=O)O)c1-c1ccc(F)cc1. The van der Waals surface area contributed by atoms with Crippen molar-refractivity contribution in [3.05, 3.63) is 35.8 Å². The summed E-state index contributed by atoms with van der Waals surface area (Å²) >= 11 is 0. The molecule has 2 aromatic rings. The average molecular weight is 246 g/mol. The fourth-order valence-corrected chi connectivity index (χ4v) is 1.53. The Morgan fingerprint density at radius 1 is 1.44 bits per heavy atom. The van der Waals surface area contributed by atoms with Crippen molar-refractivity contribution in [3.63, 3.8) is 0 Å². The average Bonchev–Trinajstić information content (AvgIpc) is 2.75. The van der Waals surface area contributed by atoms with Gasteiger partial charge in [-0.15, -0.1) is 5.10 Å². The molecule has 0 fully saturated rings. The standard InChI is InChI=1S/C11H7FN4O2/c12-8-3-1-7(2-4-8)10-9(11(17)18)14-15-16(10)6-5-13/h1-4H,6H2,(H,17,18). The van der Waals surface area contributed by atoms with Gasteiger partial charge in [0.1, 0.15) is 18.1 Å². The van der Waals surface area contributed by atoms with Crippen LogP contribution >= 0.6 is 0 Å². The Balaban J connectivity index is 2.59. The summed E-state index contributed by atoms with van der Waals surface area (Å²) in [5.74, 6) is -1.69. The molecular weight excluding hydrogens is 239 g/mol. The molecule has 1 heterocycles. The normalized spacial score (nSPS) is 10.0. The van der Waals surface area contributed by atoms with E-state index in [2.05, 4.69) is 10.3 Å². The Morgan fingerprint density at radius 2 is 2.11 bits per heavy atom. The van der Waals surface area contributed by atoms with Crippen LogP contribution in [0, 0.1) is 17.1 Å². The maximum atomic E-state index is 12.8. The first-order valence-corrected chi connectivity index (χ1v) is 4.93. The molecule has 0 atom stereocenters. The Bertz CT molecular complexity index is 627. The Kier molecular flexibility index (Phi) is 3.02. The minimum absolute atomic E-state index is 0.132. The number of carboxylic acid groups (broad SMARTS) is 1. The lowest BCUT2D eigenvalue weighted by Crippen LogP contribution is -2.04. The van der Waals surface area contributed by atoms with E-state index in [0.29, 0.717) is 5.56 Å². The topological polar surface area (TPSA) is 91.8 Å². The molecule has 90 valence electrons. The molecule has 0 amide bonds. The number of carbonyl (C=O) groups is 1. The van der Waals surface area contributed by atoms with Crippen LogP contribution in [0.5, 0.6) is 0 Å². The molecule has 0 saturated carbocycles. The van der Waals surface area contributed by atoms with Gasteiger partial charge < -0.3 is 5.11 Å². The maximum Gasteiger partial charge on any atom is 0.358 e. The van der Waals surface area contributed by atoms with Crippen LogP contribution in [0.25, 0.3) is 11.3 Å². The van der Waals surface area contributed by atoms with Crippen molar-refractivity contribution in [2.24, 2.45) is 0 Å². The highest BCUT2D eigenvalue weighted by Gasteiger charge is 2.20. The van der Waals surface area contributed by atoms with Gasteiger partial charge in [0.05, 0.1) is 6.07 Å². The number of benzene rings is 1. The second kappa shape index (κ2) is 4.63. The lowest BCUT2D eigenvalue weighted by molar-refractivity contribution is 0.0691. The monoisotopic (exact) mass is 246 g/mol. The van der Waals surface area contributed by atoms with Crippen LogP contribution in [-0.4, -0.2) is 26.1 Å². The third-order valence-electron chi connectivity index (χ3n) is 2.28. The zero-order valence-electron chi connectivity index (χ0n) is 9.04. The van der Waals surface area contributed by atoms with Crippen molar-refractivity contribution in [1.29, 1.82) is 5.26 Å². The molecule has 6 nitrogen and oxygen atoms in total. The molecule has 0 spiro atoms. The summed E-state index contributed by atoms with van der Waals surface area (Å²) in [4.78, 5) is 11.0. The van der Waals surface area contributed by atoms with Crippen molar-refractivity contribution >= 4 is 5.97 Å². The van der Waals surface area contributed by atoms with Crippen molar-refractivity contribution < 1.29 is 14.3 Å². The number of carboxylic acids is 1. The number of rotatable bonds is 3. The van der Waals surface area contributed by atoms with E-state index in [1.54, 1.807) is 0 Å². The summed E-state index contributed by atoms with van der Waals surface area (Å²) in [5.41, 5.74) is 0.356. The van der Waals surface area contributed by atoms with E-state index < -0.39 is 11.8 Å². The fraction of sp³-hybridized carbons (Fsp3) is 0.0909. The molecule has 1 aromatic heterocycles. The highest BCUT2D eigenvalue weighted by molar-refractivity contribution is 5.92. The molecule has 0 aliphatic rings. The van der Waals surface area contributed by atoms with Crippen molar-refractivity contribution in [3.8, 4) is 17.3 Å². The molecule has 7 heteroatoms. The number of nitriles is 1. The van der Waals surface area contributed by atoms with Gasteiger partial charge in [-0.2, -0.15) is 5.26 Å². The summed E-state index contributed by atoms with van der Waals surface area (Å²) < 4.78 is 14.0. The number of nitrogens with zero attached hydrogens (tertiary/aromatic N) is 4. The zero-order valence-corrected chi connectivity index (χ0v) is 9.04. The third kappa shape index (κ3) is 2.04. The van der Waals surface area contributed by atoms with Crippen molar-refractivity contribution in [2.75, 3.05) is 0 Å². The van der Waals surface area contributed by atoms with Gasteiger partial charge in [0.2, 0.25) is 0 Å². The van der Waals surface area contributed by atoms with Gasteiger partial charge in [-0.05, 0) is 24.3 Å². The predicted octanol–water partition coefficient (Wildman–Crippen LogP) is 1.31. The zero-order chi connectivity index (χ0) is 13.1. The van der Waals surface area contributed by atoms with Crippen LogP contribution in [-0.2, 0) is 6.54 Å². The molecule has 0 radical (unpaired) electrons. The second-order valence-electron chi connectivity index (χ2n) is 3.41. The smallest absolute Gasteiger partial charge is 0.358 e. The quantitative estimate of drug-likeness (QED) is 0.881. The van der Waals surface area contributed by atoms with Crippen LogP contribution in [0.3, 0.4) is 0 Å². The lowest BCUT2D eigenvalue weighted by Gasteiger charge is -2.03. The van der Waals surface area contributed by atoms with Crippen molar-refractivity contribution in [2.45, 2.75) is 6.54 Å². The fourth-order valence-electron chi connectivity index (χ4n) is 1.53. The number of halogens is 1. The molecule has 0 aliphatic carbocycles. The first-order valence-electron chi connectivity index (χ1n) is 4.93. The minimum atomic E-state index is -1.25. The highest BCUT2D eigenvalue weighted by Crippen LogP contribution is 2.22. The summed E-state index contributed by atoms with van der Waals surface area (Å²) in [6.07, 6.45) is 0.